The highest BCUT2D eigenvalue weighted by atomic mass is 32.2. The molecule has 0 saturated heterocycles. The molecule has 0 spiro atoms. The summed E-state index contributed by atoms with van der Waals surface area (Å²) in [5.41, 5.74) is 2.45. The maximum atomic E-state index is 12.4. The van der Waals surface area contributed by atoms with Gasteiger partial charge < -0.3 is 5.32 Å². The number of rotatable bonds is 5. The maximum Gasteiger partial charge on any atom is 0.243 e. The molecule has 7 heteroatoms. The third-order valence-corrected chi connectivity index (χ3v) is 5.49. The van der Waals surface area contributed by atoms with Crippen LogP contribution >= 0.6 is 0 Å². The Hall–Kier alpha value is -1.70. The lowest BCUT2D eigenvalue weighted by molar-refractivity contribution is 0.491. The predicted octanol–water partition coefficient (Wildman–Crippen LogP) is 1.63. The van der Waals surface area contributed by atoms with Crippen LogP contribution < -0.4 is 10.0 Å². The topological polar surface area (TPSA) is 76.0 Å². The van der Waals surface area contributed by atoms with E-state index in [0.29, 0.717) is 6.54 Å². The van der Waals surface area contributed by atoms with Crippen molar-refractivity contribution in [1.29, 1.82) is 0 Å². The summed E-state index contributed by atoms with van der Waals surface area (Å²) < 4.78 is 29.2. The molecule has 6 nitrogen and oxygen atoms in total. The smallest absolute Gasteiger partial charge is 0.243 e. The van der Waals surface area contributed by atoms with Crippen molar-refractivity contribution in [2.24, 2.45) is 0 Å². The molecule has 1 aliphatic heterocycles. The second kappa shape index (κ2) is 6.43. The second-order valence-electron chi connectivity index (χ2n) is 6.06. The number of hydrogen-bond acceptors (Lipinski definition) is 4. The van der Waals surface area contributed by atoms with Crippen molar-refractivity contribution in [3.8, 4) is 0 Å². The average Bonchev–Trinajstić information content (AvgIpc) is 3.04. The fourth-order valence-corrected chi connectivity index (χ4v) is 3.78. The minimum Gasteiger partial charge on any atom is -0.308 e. The van der Waals surface area contributed by atoms with Gasteiger partial charge >= 0.3 is 0 Å². The molecule has 0 aliphatic carbocycles. The van der Waals surface area contributed by atoms with Crippen molar-refractivity contribution in [3.05, 3.63) is 47.8 Å². The van der Waals surface area contributed by atoms with Crippen LogP contribution in [0, 0.1) is 0 Å². The molecule has 1 aromatic heterocycles. The first-order valence-electron chi connectivity index (χ1n) is 7.82. The molecule has 2 N–H and O–H groups in total. The van der Waals surface area contributed by atoms with E-state index in [0.717, 1.165) is 13.0 Å². The van der Waals surface area contributed by atoms with Gasteiger partial charge in [0.25, 0.3) is 0 Å². The van der Waals surface area contributed by atoms with Gasteiger partial charge in [-0.15, -0.1) is 0 Å². The summed E-state index contributed by atoms with van der Waals surface area (Å²) in [4.78, 5) is 0.204. The maximum absolute atomic E-state index is 12.4. The molecule has 0 amide bonds. The first kappa shape index (κ1) is 16.2. The summed E-state index contributed by atoms with van der Waals surface area (Å²) >= 11 is 0. The van der Waals surface area contributed by atoms with Gasteiger partial charge in [-0.05, 0) is 37.9 Å². The highest BCUT2D eigenvalue weighted by Crippen LogP contribution is 2.22. The molecular weight excluding hydrogens is 312 g/mol. The molecule has 3 rings (SSSR count). The molecule has 1 unspecified atom stereocenters. The lowest BCUT2D eigenvalue weighted by Gasteiger charge is -2.27. The van der Waals surface area contributed by atoms with Crippen LogP contribution in [-0.2, 0) is 16.4 Å². The van der Waals surface area contributed by atoms with E-state index in [1.807, 2.05) is 26.0 Å². The predicted molar refractivity (Wildman–Crippen MR) is 88.7 cm³/mol. The number of hydrogen-bond donors (Lipinski definition) is 2. The molecule has 1 aliphatic rings. The van der Waals surface area contributed by atoms with Crippen LogP contribution in [0.1, 0.15) is 37.1 Å². The summed E-state index contributed by atoms with van der Waals surface area (Å²) in [6, 6.07) is 8.29. The molecule has 0 fully saturated rings. The van der Waals surface area contributed by atoms with Gasteiger partial charge in [0.1, 0.15) is 4.90 Å². The number of sulfonamides is 1. The van der Waals surface area contributed by atoms with Crippen LogP contribution in [0.25, 0.3) is 0 Å². The first-order valence-corrected chi connectivity index (χ1v) is 9.31. The molecule has 0 radical (unpaired) electrons. The Labute approximate surface area is 137 Å². The Morgan fingerprint density at radius 2 is 2.17 bits per heavy atom. The Kier molecular flexibility index (Phi) is 4.52. The molecule has 0 saturated carbocycles. The lowest BCUT2D eigenvalue weighted by atomic mass is 9.95. The number of nitrogens with one attached hydrogen (secondary N) is 2. The van der Waals surface area contributed by atoms with Gasteiger partial charge in [-0.2, -0.15) is 5.10 Å². The van der Waals surface area contributed by atoms with Crippen LogP contribution in [-0.4, -0.2) is 31.3 Å². The summed E-state index contributed by atoms with van der Waals surface area (Å²) in [6.45, 7) is 5.10. The Morgan fingerprint density at radius 1 is 1.39 bits per heavy atom. The van der Waals surface area contributed by atoms with E-state index < -0.39 is 10.0 Å². The zero-order valence-corrected chi connectivity index (χ0v) is 14.2. The normalized spacial score (nSPS) is 18.1. The van der Waals surface area contributed by atoms with Gasteiger partial charge in [0.2, 0.25) is 10.0 Å². The zero-order chi connectivity index (χ0) is 16.4. The third-order valence-electron chi connectivity index (χ3n) is 4.11. The molecule has 124 valence electrons. The van der Waals surface area contributed by atoms with E-state index in [1.54, 1.807) is 10.9 Å². The number of aromatic nitrogens is 2. The standard InChI is InChI=1S/C16H22N4O2S/c1-12(2)20-11-14(9-18-20)23(21,22)19-10-16-15-6-4-3-5-13(15)7-8-17-16/h3-6,9,11-12,16-17,19H,7-8,10H2,1-2H3. The first-order chi connectivity index (χ1) is 11.0. The highest BCUT2D eigenvalue weighted by molar-refractivity contribution is 7.89. The van der Waals surface area contributed by atoms with Crippen LogP contribution in [0.4, 0.5) is 0 Å². The van der Waals surface area contributed by atoms with Crippen molar-refractivity contribution < 1.29 is 8.42 Å². The number of nitrogens with zero attached hydrogens (tertiary/aromatic N) is 2. The van der Waals surface area contributed by atoms with Crippen molar-refractivity contribution in [3.63, 3.8) is 0 Å². The monoisotopic (exact) mass is 334 g/mol. The van der Waals surface area contributed by atoms with Crippen LogP contribution in [0.3, 0.4) is 0 Å². The number of fused-ring (bicyclic) bond motifs is 1. The molecule has 2 heterocycles. The van der Waals surface area contributed by atoms with Crippen LogP contribution in [0.15, 0.2) is 41.6 Å². The van der Waals surface area contributed by atoms with Crippen molar-refractivity contribution in [2.45, 2.75) is 37.2 Å². The van der Waals surface area contributed by atoms with Gasteiger partial charge in [-0.25, -0.2) is 13.1 Å². The Morgan fingerprint density at radius 3 is 2.91 bits per heavy atom. The van der Waals surface area contributed by atoms with Gasteiger partial charge in [-0.1, -0.05) is 24.3 Å². The van der Waals surface area contributed by atoms with E-state index in [1.165, 1.54) is 17.3 Å². The lowest BCUT2D eigenvalue weighted by Crippen LogP contribution is -2.38. The van der Waals surface area contributed by atoms with E-state index in [-0.39, 0.29) is 17.0 Å². The molecule has 23 heavy (non-hydrogen) atoms. The van der Waals surface area contributed by atoms with Crippen molar-refractivity contribution in [1.82, 2.24) is 19.8 Å². The van der Waals surface area contributed by atoms with E-state index in [2.05, 4.69) is 27.3 Å². The van der Waals surface area contributed by atoms with Gasteiger partial charge in [-0.3, -0.25) is 4.68 Å². The highest BCUT2D eigenvalue weighted by Gasteiger charge is 2.23. The van der Waals surface area contributed by atoms with Crippen molar-refractivity contribution in [2.75, 3.05) is 13.1 Å². The van der Waals surface area contributed by atoms with Crippen LogP contribution in [0.5, 0.6) is 0 Å². The van der Waals surface area contributed by atoms with E-state index in [9.17, 15) is 8.42 Å². The average molecular weight is 334 g/mol. The Bertz CT molecular complexity index is 783. The third kappa shape index (κ3) is 3.46. The summed E-state index contributed by atoms with van der Waals surface area (Å²) in [7, 11) is -3.55. The number of benzene rings is 1. The van der Waals surface area contributed by atoms with Gasteiger partial charge in [0.05, 0.1) is 6.20 Å². The van der Waals surface area contributed by atoms with E-state index in [4.69, 9.17) is 0 Å². The zero-order valence-electron chi connectivity index (χ0n) is 13.4. The molecular formula is C16H22N4O2S. The van der Waals surface area contributed by atoms with Gasteiger partial charge in [0, 0.05) is 24.8 Å². The van der Waals surface area contributed by atoms with Gasteiger partial charge in [0.15, 0.2) is 0 Å². The fourth-order valence-electron chi connectivity index (χ4n) is 2.79. The summed E-state index contributed by atoms with van der Waals surface area (Å²) in [6.07, 6.45) is 3.93. The SMILES string of the molecule is CC(C)n1cc(S(=O)(=O)NCC2NCCc3ccccc32)cn1. The molecule has 0 bridgehead atoms. The molecule has 2 aromatic rings. The fraction of sp³-hybridized carbons (Fsp3) is 0.438. The molecule has 1 aromatic carbocycles. The minimum atomic E-state index is -3.55. The van der Waals surface area contributed by atoms with Crippen LogP contribution in [0.2, 0.25) is 0 Å². The minimum absolute atomic E-state index is 0.00475. The largest absolute Gasteiger partial charge is 0.308 e. The Balaban J connectivity index is 1.72. The quantitative estimate of drug-likeness (QED) is 0.871. The summed E-state index contributed by atoms with van der Waals surface area (Å²) in [5, 5.41) is 7.47. The second-order valence-corrected chi connectivity index (χ2v) is 7.82. The molecule has 1 atom stereocenters. The summed E-state index contributed by atoms with van der Waals surface area (Å²) in [5.74, 6) is 0. The van der Waals surface area contributed by atoms with Crippen molar-refractivity contribution >= 4 is 10.0 Å². The van der Waals surface area contributed by atoms with E-state index >= 15 is 0 Å².